The number of nitrogens with one attached hydrogen (secondary N) is 1. The highest BCUT2D eigenvalue weighted by molar-refractivity contribution is 6.34. The van der Waals surface area contributed by atoms with Crippen LogP contribution in [0, 0.1) is 0 Å². The van der Waals surface area contributed by atoms with E-state index in [1.54, 1.807) is 24.6 Å². The van der Waals surface area contributed by atoms with Crippen molar-refractivity contribution in [2.45, 2.75) is 0 Å². The Kier molecular flexibility index (Phi) is 3.12. The van der Waals surface area contributed by atoms with Crippen LogP contribution in [0.1, 0.15) is 5.76 Å². The van der Waals surface area contributed by atoms with E-state index in [9.17, 15) is 0 Å². The second-order valence-electron chi connectivity index (χ2n) is 3.77. The molecule has 3 aromatic rings. The fourth-order valence-electron chi connectivity index (χ4n) is 1.68. The number of anilines is 1. The molecule has 0 spiro atoms. The summed E-state index contributed by atoms with van der Waals surface area (Å²) in [7, 11) is 0. The fraction of sp³-hybridized carbons (Fsp3) is 0. The van der Waals surface area contributed by atoms with Gasteiger partial charge in [-0.05, 0) is 12.1 Å². The van der Waals surface area contributed by atoms with Crippen molar-refractivity contribution in [1.82, 2.24) is 10.2 Å². The molecule has 3 rings (SSSR count). The van der Waals surface area contributed by atoms with Crippen molar-refractivity contribution in [3.8, 4) is 0 Å². The van der Waals surface area contributed by atoms with Crippen LogP contribution in [0.15, 0.2) is 52.2 Å². The topological polar surface area (TPSA) is 63.3 Å². The number of hydrazone groups is 1. The van der Waals surface area contributed by atoms with Gasteiger partial charge in [-0.2, -0.15) is 5.10 Å². The summed E-state index contributed by atoms with van der Waals surface area (Å²) in [6.07, 6.45) is 3.14. The first-order valence-electron chi connectivity index (χ1n) is 5.58. The number of furan rings is 1. The molecule has 2 aromatic heterocycles. The van der Waals surface area contributed by atoms with E-state index in [2.05, 4.69) is 20.7 Å². The SMILES string of the molecule is Clc1nnc(N/N=C/c2ccco2)c2ccccc12. The molecule has 0 aliphatic heterocycles. The van der Waals surface area contributed by atoms with E-state index in [0.29, 0.717) is 16.7 Å². The maximum Gasteiger partial charge on any atom is 0.176 e. The Hall–Kier alpha value is -2.40. The average Bonchev–Trinajstić information content (AvgIpc) is 2.95. The molecule has 0 saturated carbocycles. The van der Waals surface area contributed by atoms with Crippen molar-refractivity contribution in [2.75, 3.05) is 5.43 Å². The van der Waals surface area contributed by atoms with Crippen LogP contribution in [-0.2, 0) is 0 Å². The summed E-state index contributed by atoms with van der Waals surface area (Å²) in [6.45, 7) is 0. The first kappa shape index (κ1) is 11.7. The molecule has 0 aliphatic carbocycles. The van der Waals surface area contributed by atoms with Crippen LogP contribution < -0.4 is 5.43 Å². The van der Waals surface area contributed by atoms with Gasteiger partial charge < -0.3 is 4.42 Å². The Balaban J connectivity index is 1.91. The number of benzene rings is 1. The summed E-state index contributed by atoms with van der Waals surface area (Å²) < 4.78 is 5.13. The van der Waals surface area contributed by atoms with Crippen LogP contribution in [0.3, 0.4) is 0 Å². The lowest BCUT2D eigenvalue weighted by molar-refractivity contribution is 0.560. The maximum atomic E-state index is 5.99. The molecule has 0 unspecified atom stereocenters. The smallest absolute Gasteiger partial charge is 0.176 e. The number of halogens is 1. The molecule has 0 atom stereocenters. The third-order valence-electron chi connectivity index (χ3n) is 2.55. The highest BCUT2D eigenvalue weighted by atomic mass is 35.5. The van der Waals surface area contributed by atoms with Gasteiger partial charge in [0.05, 0.1) is 12.5 Å². The second-order valence-corrected chi connectivity index (χ2v) is 4.13. The number of rotatable bonds is 3. The van der Waals surface area contributed by atoms with Crippen LogP contribution in [0.25, 0.3) is 10.8 Å². The minimum Gasteiger partial charge on any atom is -0.463 e. The predicted octanol–water partition coefficient (Wildman–Crippen LogP) is 3.32. The monoisotopic (exact) mass is 272 g/mol. The maximum absolute atomic E-state index is 5.99. The lowest BCUT2D eigenvalue weighted by Gasteiger charge is -2.04. The van der Waals surface area contributed by atoms with Gasteiger partial charge in [0.15, 0.2) is 11.0 Å². The zero-order valence-electron chi connectivity index (χ0n) is 9.75. The van der Waals surface area contributed by atoms with Crippen molar-refractivity contribution in [1.29, 1.82) is 0 Å². The van der Waals surface area contributed by atoms with E-state index in [-0.39, 0.29) is 0 Å². The molecule has 0 radical (unpaired) electrons. The number of aromatic nitrogens is 2. The average molecular weight is 273 g/mol. The van der Waals surface area contributed by atoms with E-state index in [1.807, 2.05) is 24.3 Å². The summed E-state index contributed by atoms with van der Waals surface area (Å²) in [5.41, 5.74) is 2.83. The standard InChI is InChI=1S/C13H9ClN4O/c14-12-10-5-1-2-6-11(10)13(18-16-12)17-15-8-9-4-3-7-19-9/h1-8H,(H,17,18)/b15-8+. The fourth-order valence-corrected chi connectivity index (χ4v) is 1.88. The summed E-state index contributed by atoms with van der Waals surface area (Å²) in [5, 5.41) is 14.0. The van der Waals surface area contributed by atoms with Crippen LogP contribution in [-0.4, -0.2) is 16.4 Å². The molecule has 19 heavy (non-hydrogen) atoms. The van der Waals surface area contributed by atoms with Crippen LogP contribution in [0.2, 0.25) is 5.15 Å². The quantitative estimate of drug-likeness (QED) is 0.587. The van der Waals surface area contributed by atoms with Crippen molar-refractivity contribution in [2.24, 2.45) is 5.10 Å². The molecule has 0 aliphatic rings. The van der Waals surface area contributed by atoms with Gasteiger partial charge in [0.1, 0.15) is 5.76 Å². The molecular formula is C13H9ClN4O. The Morgan fingerprint density at radius 3 is 2.74 bits per heavy atom. The molecular weight excluding hydrogens is 264 g/mol. The lowest BCUT2D eigenvalue weighted by Crippen LogP contribution is -1.97. The van der Waals surface area contributed by atoms with Crippen molar-refractivity contribution < 1.29 is 4.42 Å². The number of hydrogen-bond acceptors (Lipinski definition) is 5. The first-order valence-corrected chi connectivity index (χ1v) is 5.96. The van der Waals surface area contributed by atoms with Gasteiger partial charge in [-0.15, -0.1) is 10.2 Å². The lowest BCUT2D eigenvalue weighted by atomic mass is 10.2. The molecule has 0 amide bonds. The largest absolute Gasteiger partial charge is 0.463 e. The first-order chi connectivity index (χ1) is 9.34. The highest BCUT2D eigenvalue weighted by Gasteiger charge is 2.05. The second kappa shape index (κ2) is 5.07. The van der Waals surface area contributed by atoms with E-state index in [1.165, 1.54) is 0 Å². The summed E-state index contributed by atoms with van der Waals surface area (Å²) in [5.74, 6) is 1.20. The number of fused-ring (bicyclic) bond motifs is 1. The van der Waals surface area contributed by atoms with Gasteiger partial charge in [0.2, 0.25) is 0 Å². The van der Waals surface area contributed by atoms with Crippen LogP contribution >= 0.6 is 11.6 Å². The zero-order valence-corrected chi connectivity index (χ0v) is 10.5. The molecule has 94 valence electrons. The van der Waals surface area contributed by atoms with E-state index < -0.39 is 0 Å². The molecule has 0 fully saturated rings. The van der Waals surface area contributed by atoms with Crippen molar-refractivity contribution >= 4 is 34.4 Å². The third kappa shape index (κ3) is 2.41. The highest BCUT2D eigenvalue weighted by Crippen LogP contribution is 2.25. The van der Waals surface area contributed by atoms with Gasteiger partial charge in [-0.3, -0.25) is 5.43 Å². The van der Waals surface area contributed by atoms with Gasteiger partial charge in [-0.1, -0.05) is 35.9 Å². The molecule has 1 N–H and O–H groups in total. The summed E-state index contributed by atoms with van der Waals surface area (Å²) in [6, 6.07) is 11.2. The zero-order chi connectivity index (χ0) is 13.1. The minimum atomic E-state index is 0.371. The van der Waals surface area contributed by atoms with E-state index >= 15 is 0 Å². The van der Waals surface area contributed by atoms with Gasteiger partial charge >= 0.3 is 0 Å². The van der Waals surface area contributed by atoms with Gasteiger partial charge in [0.25, 0.3) is 0 Å². The Morgan fingerprint density at radius 2 is 1.95 bits per heavy atom. The van der Waals surface area contributed by atoms with Crippen LogP contribution in [0.5, 0.6) is 0 Å². The Morgan fingerprint density at radius 1 is 1.11 bits per heavy atom. The molecule has 1 aromatic carbocycles. The van der Waals surface area contributed by atoms with Gasteiger partial charge in [0, 0.05) is 10.8 Å². The van der Waals surface area contributed by atoms with E-state index in [0.717, 1.165) is 10.8 Å². The summed E-state index contributed by atoms with van der Waals surface area (Å²) >= 11 is 5.99. The van der Waals surface area contributed by atoms with Crippen LogP contribution in [0.4, 0.5) is 5.82 Å². The molecule has 5 nitrogen and oxygen atoms in total. The molecule has 0 bridgehead atoms. The summed E-state index contributed by atoms with van der Waals surface area (Å²) in [4.78, 5) is 0. The Bertz CT molecular complexity index is 725. The Labute approximate surface area is 113 Å². The minimum absolute atomic E-state index is 0.371. The van der Waals surface area contributed by atoms with E-state index in [4.69, 9.17) is 16.0 Å². The molecule has 2 heterocycles. The normalized spacial score (nSPS) is 11.2. The number of nitrogens with zero attached hydrogens (tertiary/aromatic N) is 3. The third-order valence-corrected chi connectivity index (χ3v) is 2.83. The van der Waals surface area contributed by atoms with Crippen molar-refractivity contribution in [3.05, 3.63) is 53.6 Å². The van der Waals surface area contributed by atoms with Crippen molar-refractivity contribution in [3.63, 3.8) is 0 Å². The van der Waals surface area contributed by atoms with Gasteiger partial charge in [-0.25, -0.2) is 0 Å². The molecule has 6 heteroatoms. The predicted molar refractivity (Wildman–Crippen MR) is 74.5 cm³/mol. The number of hydrogen-bond donors (Lipinski definition) is 1. The molecule has 0 saturated heterocycles.